The van der Waals surface area contributed by atoms with Gasteiger partial charge in [-0.1, -0.05) is 0 Å². The number of hydrogen-bond acceptors (Lipinski definition) is 6. The fourth-order valence-electron chi connectivity index (χ4n) is 0.946. The van der Waals surface area contributed by atoms with Crippen molar-refractivity contribution in [2.45, 2.75) is 30.1 Å². The molecular formula is C10H15NO3S2. The van der Waals surface area contributed by atoms with Crippen LogP contribution in [0.5, 0.6) is 0 Å². The molecule has 1 aromatic rings. The van der Waals surface area contributed by atoms with Gasteiger partial charge in [-0.25, -0.2) is 4.98 Å². The quantitative estimate of drug-likeness (QED) is 0.649. The van der Waals surface area contributed by atoms with Gasteiger partial charge in [0.05, 0.1) is 23.9 Å². The van der Waals surface area contributed by atoms with Crippen LogP contribution in [0.1, 0.15) is 25.3 Å². The lowest BCUT2D eigenvalue weighted by molar-refractivity contribution is -0.140. The van der Waals surface area contributed by atoms with Crippen molar-refractivity contribution in [3.8, 4) is 0 Å². The Balaban J connectivity index is 2.44. The van der Waals surface area contributed by atoms with Crippen molar-refractivity contribution in [1.29, 1.82) is 0 Å². The summed E-state index contributed by atoms with van der Waals surface area (Å²) in [6, 6.07) is 0. The molecule has 16 heavy (non-hydrogen) atoms. The number of thiazole rings is 1. The van der Waals surface area contributed by atoms with E-state index in [9.17, 15) is 9.90 Å². The fourth-order valence-corrected chi connectivity index (χ4v) is 2.92. The molecule has 0 aliphatic carbocycles. The average Bonchev–Trinajstić information content (AvgIpc) is 2.65. The number of aromatic nitrogens is 1. The first-order valence-electron chi connectivity index (χ1n) is 4.82. The smallest absolute Gasteiger partial charge is 0.306 e. The number of ether oxygens (including phenoxy) is 1. The Labute approximate surface area is 103 Å². The van der Waals surface area contributed by atoms with Crippen molar-refractivity contribution in [2.24, 2.45) is 0 Å². The Kier molecular flexibility index (Phi) is 4.76. The molecule has 0 aromatic carbocycles. The molecule has 6 heteroatoms. The van der Waals surface area contributed by atoms with Gasteiger partial charge in [-0.2, -0.15) is 0 Å². The molecule has 1 heterocycles. The Hall–Kier alpha value is -0.590. The van der Waals surface area contributed by atoms with Crippen LogP contribution < -0.4 is 0 Å². The second-order valence-electron chi connectivity index (χ2n) is 3.72. The van der Waals surface area contributed by atoms with Crippen LogP contribution in [0.2, 0.25) is 0 Å². The van der Waals surface area contributed by atoms with Gasteiger partial charge in [0.25, 0.3) is 0 Å². The van der Waals surface area contributed by atoms with E-state index in [0.717, 1.165) is 4.21 Å². The molecule has 1 aromatic heterocycles. The molecule has 1 N–H and O–H groups in total. The third-order valence-electron chi connectivity index (χ3n) is 1.79. The summed E-state index contributed by atoms with van der Waals surface area (Å²) < 4.78 is 5.54. The molecule has 0 amide bonds. The summed E-state index contributed by atoms with van der Waals surface area (Å²) >= 11 is 2.99. The van der Waals surface area contributed by atoms with Crippen LogP contribution in [-0.2, 0) is 15.1 Å². The molecule has 0 fully saturated rings. The third-order valence-corrected chi connectivity index (χ3v) is 4.29. The van der Waals surface area contributed by atoms with Crippen molar-refractivity contribution in [1.82, 2.24) is 4.98 Å². The summed E-state index contributed by atoms with van der Waals surface area (Å²) in [4.78, 5) is 15.0. The van der Waals surface area contributed by atoms with E-state index < -0.39 is 5.60 Å². The zero-order chi connectivity index (χ0) is 12.2. The van der Waals surface area contributed by atoms with Crippen molar-refractivity contribution >= 4 is 29.1 Å². The maximum Gasteiger partial charge on any atom is 0.306 e. The standard InChI is InChI=1S/C10H15NO3S2/c1-10(2,13)9-11-6-8(16-9)15-5-4-7(12)14-3/h6,13H,4-5H2,1-3H3. The zero-order valence-corrected chi connectivity index (χ0v) is 11.2. The highest BCUT2D eigenvalue weighted by Crippen LogP contribution is 2.31. The lowest BCUT2D eigenvalue weighted by Gasteiger charge is -2.12. The highest BCUT2D eigenvalue weighted by atomic mass is 32.2. The van der Waals surface area contributed by atoms with E-state index in [1.54, 1.807) is 31.8 Å². The van der Waals surface area contributed by atoms with E-state index in [1.807, 2.05) is 0 Å². The number of nitrogens with zero attached hydrogens (tertiary/aromatic N) is 1. The molecule has 4 nitrogen and oxygen atoms in total. The topological polar surface area (TPSA) is 59.4 Å². The Bertz CT molecular complexity index is 357. The van der Waals surface area contributed by atoms with Crippen LogP contribution in [0.15, 0.2) is 10.4 Å². The molecule has 0 radical (unpaired) electrons. The molecule has 0 unspecified atom stereocenters. The van der Waals surface area contributed by atoms with Gasteiger partial charge in [-0.05, 0) is 13.8 Å². The van der Waals surface area contributed by atoms with E-state index in [2.05, 4.69) is 9.72 Å². The highest BCUT2D eigenvalue weighted by Gasteiger charge is 2.20. The molecule has 0 saturated heterocycles. The molecule has 0 saturated carbocycles. The van der Waals surface area contributed by atoms with Crippen molar-refractivity contribution in [3.63, 3.8) is 0 Å². The van der Waals surface area contributed by atoms with Gasteiger partial charge in [0.1, 0.15) is 10.6 Å². The minimum atomic E-state index is -0.897. The molecule has 0 atom stereocenters. The highest BCUT2D eigenvalue weighted by molar-refractivity contribution is 8.01. The van der Waals surface area contributed by atoms with E-state index in [4.69, 9.17) is 0 Å². The second kappa shape index (κ2) is 5.65. The van der Waals surface area contributed by atoms with Crippen LogP contribution in [0.25, 0.3) is 0 Å². The minimum Gasteiger partial charge on any atom is -0.469 e. The largest absolute Gasteiger partial charge is 0.469 e. The number of carbonyl (C=O) groups excluding carboxylic acids is 1. The summed E-state index contributed by atoms with van der Waals surface area (Å²) in [5.41, 5.74) is -0.897. The molecular weight excluding hydrogens is 246 g/mol. The van der Waals surface area contributed by atoms with E-state index in [0.29, 0.717) is 17.2 Å². The van der Waals surface area contributed by atoms with Crippen LogP contribution >= 0.6 is 23.1 Å². The molecule has 0 aliphatic rings. The van der Waals surface area contributed by atoms with Crippen molar-refractivity contribution in [3.05, 3.63) is 11.2 Å². The monoisotopic (exact) mass is 261 g/mol. The zero-order valence-electron chi connectivity index (χ0n) is 9.52. The summed E-state index contributed by atoms with van der Waals surface area (Å²) in [6.45, 7) is 3.41. The normalized spacial score (nSPS) is 11.5. The van der Waals surface area contributed by atoms with Gasteiger partial charge in [0.15, 0.2) is 0 Å². The first kappa shape index (κ1) is 13.5. The van der Waals surface area contributed by atoms with Gasteiger partial charge in [-0.3, -0.25) is 4.79 Å². The predicted molar refractivity (Wildman–Crippen MR) is 64.7 cm³/mol. The van der Waals surface area contributed by atoms with Crippen molar-refractivity contribution < 1.29 is 14.6 Å². The first-order chi connectivity index (χ1) is 7.43. The average molecular weight is 261 g/mol. The number of esters is 1. The number of methoxy groups -OCH3 is 1. The minimum absolute atomic E-state index is 0.209. The van der Waals surface area contributed by atoms with Gasteiger partial charge < -0.3 is 9.84 Å². The number of rotatable bonds is 5. The van der Waals surface area contributed by atoms with Gasteiger partial charge >= 0.3 is 5.97 Å². The number of carbonyl (C=O) groups is 1. The summed E-state index contributed by atoms with van der Waals surface area (Å²) in [5.74, 6) is 0.458. The lowest BCUT2D eigenvalue weighted by atomic mass is 10.2. The summed E-state index contributed by atoms with van der Waals surface area (Å²) in [7, 11) is 1.38. The van der Waals surface area contributed by atoms with Gasteiger partial charge in [-0.15, -0.1) is 23.1 Å². The SMILES string of the molecule is COC(=O)CCSc1cnc(C(C)(C)O)s1. The molecule has 1 rings (SSSR count). The Morgan fingerprint density at radius 3 is 2.88 bits per heavy atom. The van der Waals surface area contributed by atoms with E-state index in [-0.39, 0.29) is 5.97 Å². The van der Waals surface area contributed by atoms with Gasteiger partial charge in [0, 0.05) is 5.75 Å². The maximum atomic E-state index is 10.9. The number of hydrogen-bond donors (Lipinski definition) is 1. The van der Waals surface area contributed by atoms with Crippen LogP contribution in [-0.4, -0.2) is 28.9 Å². The lowest BCUT2D eigenvalue weighted by Crippen LogP contribution is -2.14. The van der Waals surface area contributed by atoms with E-state index in [1.165, 1.54) is 18.4 Å². The predicted octanol–water partition coefficient (Wildman–Crippen LogP) is 2.03. The molecule has 90 valence electrons. The molecule has 0 spiro atoms. The summed E-state index contributed by atoms with van der Waals surface area (Å²) in [6.07, 6.45) is 2.11. The van der Waals surface area contributed by atoms with E-state index >= 15 is 0 Å². The molecule has 0 bridgehead atoms. The Morgan fingerprint density at radius 1 is 1.69 bits per heavy atom. The fraction of sp³-hybridized carbons (Fsp3) is 0.600. The molecule has 0 aliphatic heterocycles. The third kappa shape index (κ3) is 4.11. The second-order valence-corrected chi connectivity index (χ2v) is 6.14. The maximum absolute atomic E-state index is 10.9. The first-order valence-corrected chi connectivity index (χ1v) is 6.62. The van der Waals surface area contributed by atoms with Crippen LogP contribution in [0.3, 0.4) is 0 Å². The van der Waals surface area contributed by atoms with Gasteiger partial charge in [0.2, 0.25) is 0 Å². The number of thioether (sulfide) groups is 1. The van der Waals surface area contributed by atoms with Crippen LogP contribution in [0.4, 0.5) is 0 Å². The number of aliphatic hydroxyl groups is 1. The Morgan fingerprint density at radius 2 is 2.38 bits per heavy atom. The summed E-state index contributed by atoms with van der Waals surface area (Å²) in [5, 5.41) is 10.4. The van der Waals surface area contributed by atoms with Crippen molar-refractivity contribution in [2.75, 3.05) is 12.9 Å². The van der Waals surface area contributed by atoms with Crippen LogP contribution in [0, 0.1) is 0 Å².